The van der Waals surface area contributed by atoms with E-state index in [1.807, 2.05) is 18.2 Å². The highest BCUT2D eigenvalue weighted by atomic mass is 19.1. The summed E-state index contributed by atoms with van der Waals surface area (Å²) < 4.78 is 13.3. The lowest BCUT2D eigenvalue weighted by Crippen LogP contribution is -3.15. The SMILES string of the molecule is O=C(C[NH+]1CCN(c2ccccc2)CC1)Nc1ccc(F)c([N+](=O)[O-])c1. The van der Waals surface area contributed by atoms with Crippen LogP contribution in [0.2, 0.25) is 0 Å². The van der Waals surface area contributed by atoms with Crippen LogP contribution in [0, 0.1) is 15.9 Å². The Bertz CT molecular complexity index is 792. The number of nitro benzene ring substituents is 1. The molecule has 2 aromatic rings. The van der Waals surface area contributed by atoms with Gasteiger partial charge in [-0.2, -0.15) is 4.39 Å². The van der Waals surface area contributed by atoms with Crippen molar-refractivity contribution in [2.75, 3.05) is 42.9 Å². The number of quaternary nitrogens is 1. The van der Waals surface area contributed by atoms with Crippen molar-refractivity contribution in [1.82, 2.24) is 0 Å². The van der Waals surface area contributed by atoms with Gasteiger partial charge in [0.15, 0.2) is 6.54 Å². The fraction of sp³-hybridized carbons (Fsp3) is 0.278. The van der Waals surface area contributed by atoms with Crippen LogP contribution < -0.4 is 15.1 Å². The third kappa shape index (κ3) is 4.34. The number of hydrogen-bond donors (Lipinski definition) is 2. The van der Waals surface area contributed by atoms with Crippen LogP contribution in [0.4, 0.5) is 21.5 Å². The Morgan fingerprint density at radius 2 is 1.88 bits per heavy atom. The summed E-state index contributed by atoms with van der Waals surface area (Å²) in [5.41, 5.74) is 0.756. The van der Waals surface area contributed by atoms with E-state index in [0.29, 0.717) is 0 Å². The third-order valence-corrected chi connectivity index (χ3v) is 4.43. The molecule has 0 aliphatic carbocycles. The van der Waals surface area contributed by atoms with Gasteiger partial charge in [0.1, 0.15) is 0 Å². The number of piperazine rings is 1. The Kier molecular flexibility index (Phi) is 5.43. The average molecular weight is 359 g/mol. The van der Waals surface area contributed by atoms with Crippen LogP contribution in [-0.2, 0) is 4.79 Å². The molecule has 0 radical (unpaired) electrons. The van der Waals surface area contributed by atoms with E-state index in [-0.39, 0.29) is 18.1 Å². The minimum atomic E-state index is -0.921. The largest absolute Gasteiger partial charge is 0.360 e. The number of amides is 1. The highest BCUT2D eigenvalue weighted by Gasteiger charge is 2.23. The van der Waals surface area contributed by atoms with Crippen molar-refractivity contribution in [3.8, 4) is 0 Å². The number of para-hydroxylation sites is 1. The molecule has 0 spiro atoms. The zero-order valence-corrected chi connectivity index (χ0v) is 14.2. The number of carbonyl (C=O) groups excluding carboxylic acids is 1. The number of halogens is 1. The number of carbonyl (C=O) groups is 1. The zero-order chi connectivity index (χ0) is 18.5. The predicted molar refractivity (Wildman–Crippen MR) is 95.9 cm³/mol. The van der Waals surface area contributed by atoms with Crippen LogP contribution in [0.15, 0.2) is 48.5 Å². The summed E-state index contributed by atoms with van der Waals surface area (Å²) in [5.74, 6) is -1.16. The molecule has 7 nitrogen and oxygen atoms in total. The monoisotopic (exact) mass is 359 g/mol. The van der Waals surface area contributed by atoms with Gasteiger partial charge in [-0.15, -0.1) is 0 Å². The molecule has 3 rings (SSSR count). The summed E-state index contributed by atoms with van der Waals surface area (Å²) in [4.78, 5) is 25.6. The lowest BCUT2D eigenvalue weighted by molar-refractivity contribution is -0.892. The molecular weight excluding hydrogens is 339 g/mol. The molecule has 0 atom stereocenters. The summed E-state index contributed by atoms with van der Waals surface area (Å²) in [7, 11) is 0. The van der Waals surface area contributed by atoms with Crippen LogP contribution in [0.3, 0.4) is 0 Å². The molecule has 0 bridgehead atoms. The quantitative estimate of drug-likeness (QED) is 0.618. The van der Waals surface area contributed by atoms with E-state index in [1.54, 1.807) is 0 Å². The van der Waals surface area contributed by atoms with Crippen LogP contribution in [0.5, 0.6) is 0 Å². The zero-order valence-electron chi connectivity index (χ0n) is 14.2. The average Bonchev–Trinajstić information content (AvgIpc) is 2.64. The van der Waals surface area contributed by atoms with Crippen LogP contribution in [-0.4, -0.2) is 43.6 Å². The molecule has 1 saturated heterocycles. The van der Waals surface area contributed by atoms with Crippen molar-refractivity contribution in [1.29, 1.82) is 0 Å². The standard InChI is InChI=1S/C18H19FN4O3/c19-16-7-6-14(12-17(16)23(25)26)20-18(24)13-21-8-10-22(11-9-21)15-4-2-1-3-5-15/h1-7,12H,8-11,13H2,(H,20,24)/p+1. The number of anilines is 2. The molecule has 2 N–H and O–H groups in total. The van der Waals surface area contributed by atoms with E-state index in [1.165, 1.54) is 11.8 Å². The lowest BCUT2D eigenvalue weighted by Gasteiger charge is -2.33. The maximum absolute atomic E-state index is 13.3. The third-order valence-electron chi connectivity index (χ3n) is 4.43. The molecule has 1 aliphatic heterocycles. The fourth-order valence-corrected chi connectivity index (χ4v) is 3.06. The molecule has 26 heavy (non-hydrogen) atoms. The van der Waals surface area contributed by atoms with E-state index in [4.69, 9.17) is 0 Å². The Morgan fingerprint density at radius 1 is 1.19 bits per heavy atom. The van der Waals surface area contributed by atoms with Gasteiger partial charge in [0.25, 0.3) is 5.91 Å². The first kappa shape index (κ1) is 17.8. The molecule has 1 aliphatic rings. The summed E-state index contributed by atoms with van der Waals surface area (Å²) in [6.07, 6.45) is 0. The van der Waals surface area contributed by atoms with E-state index in [0.717, 1.165) is 43.2 Å². The second kappa shape index (κ2) is 7.92. The van der Waals surface area contributed by atoms with Gasteiger partial charge in [0.2, 0.25) is 5.82 Å². The van der Waals surface area contributed by atoms with E-state index < -0.39 is 16.4 Å². The molecule has 2 aromatic carbocycles. The van der Waals surface area contributed by atoms with Crippen LogP contribution in [0.1, 0.15) is 0 Å². The molecule has 136 valence electrons. The van der Waals surface area contributed by atoms with Crippen molar-refractivity contribution in [3.05, 3.63) is 64.5 Å². The number of nitro groups is 1. The molecule has 1 amide bonds. The summed E-state index contributed by atoms with van der Waals surface area (Å²) in [6.45, 7) is 3.63. The van der Waals surface area contributed by atoms with Gasteiger partial charge < -0.3 is 15.1 Å². The smallest absolute Gasteiger partial charge is 0.306 e. The molecule has 0 aromatic heterocycles. The number of rotatable bonds is 5. The van der Waals surface area contributed by atoms with Crippen molar-refractivity contribution in [3.63, 3.8) is 0 Å². The molecule has 8 heteroatoms. The Labute approximate surface area is 150 Å². The van der Waals surface area contributed by atoms with E-state index >= 15 is 0 Å². The second-order valence-corrected chi connectivity index (χ2v) is 6.22. The van der Waals surface area contributed by atoms with E-state index in [9.17, 15) is 19.3 Å². The minimum Gasteiger partial charge on any atom is -0.360 e. The maximum Gasteiger partial charge on any atom is 0.306 e. The first-order valence-corrected chi connectivity index (χ1v) is 8.40. The van der Waals surface area contributed by atoms with Crippen molar-refractivity contribution in [2.45, 2.75) is 0 Å². The fourth-order valence-electron chi connectivity index (χ4n) is 3.06. The highest BCUT2D eigenvalue weighted by Crippen LogP contribution is 2.21. The molecule has 0 unspecified atom stereocenters. The van der Waals surface area contributed by atoms with E-state index in [2.05, 4.69) is 22.3 Å². The van der Waals surface area contributed by atoms with Gasteiger partial charge in [-0.25, -0.2) is 0 Å². The van der Waals surface area contributed by atoms with Crippen molar-refractivity contribution >= 4 is 23.0 Å². The van der Waals surface area contributed by atoms with Gasteiger partial charge in [-0.05, 0) is 24.3 Å². The predicted octanol–water partition coefficient (Wildman–Crippen LogP) is 1.08. The Morgan fingerprint density at radius 3 is 2.54 bits per heavy atom. The van der Waals surface area contributed by atoms with Crippen LogP contribution >= 0.6 is 0 Å². The first-order valence-electron chi connectivity index (χ1n) is 8.40. The molecule has 1 heterocycles. The van der Waals surface area contributed by atoms with Gasteiger partial charge in [0.05, 0.1) is 31.1 Å². The lowest BCUT2D eigenvalue weighted by atomic mass is 10.2. The maximum atomic E-state index is 13.3. The highest BCUT2D eigenvalue weighted by molar-refractivity contribution is 5.91. The Balaban J connectivity index is 1.52. The number of benzene rings is 2. The summed E-state index contributed by atoms with van der Waals surface area (Å²) in [6, 6.07) is 13.5. The Hall–Kier alpha value is -3.00. The normalized spacial score (nSPS) is 14.9. The van der Waals surface area contributed by atoms with Crippen LogP contribution in [0.25, 0.3) is 0 Å². The summed E-state index contributed by atoms with van der Waals surface area (Å²) in [5, 5.41) is 13.4. The van der Waals surface area contributed by atoms with Gasteiger partial charge >= 0.3 is 5.69 Å². The van der Waals surface area contributed by atoms with Crippen molar-refractivity contribution in [2.24, 2.45) is 0 Å². The molecule has 0 saturated carbocycles. The number of hydrogen-bond acceptors (Lipinski definition) is 4. The topological polar surface area (TPSA) is 79.9 Å². The molecular formula is C18H20FN4O3+. The second-order valence-electron chi connectivity index (χ2n) is 6.22. The number of nitrogens with zero attached hydrogens (tertiary/aromatic N) is 2. The minimum absolute atomic E-state index is 0.227. The number of nitrogens with one attached hydrogen (secondary N) is 2. The first-order chi connectivity index (χ1) is 12.5. The van der Waals surface area contributed by atoms with Gasteiger partial charge in [-0.3, -0.25) is 14.9 Å². The summed E-state index contributed by atoms with van der Waals surface area (Å²) >= 11 is 0. The van der Waals surface area contributed by atoms with Gasteiger partial charge in [-0.1, -0.05) is 18.2 Å². The van der Waals surface area contributed by atoms with Gasteiger partial charge in [0, 0.05) is 17.4 Å². The molecule has 1 fully saturated rings. The van der Waals surface area contributed by atoms with Crippen molar-refractivity contribution < 1.29 is 19.0 Å².